The Kier molecular flexibility index (Phi) is 4.72. The van der Waals surface area contributed by atoms with Gasteiger partial charge < -0.3 is 4.57 Å². The number of hydrogen-bond donors (Lipinski definition) is 1. The molecule has 1 aromatic carbocycles. The van der Waals surface area contributed by atoms with Crippen molar-refractivity contribution in [3.63, 3.8) is 0 Å². The number of amides is 1. The van der Waals surface area contributed by atoms with E-state index in [2.05, 4.69) is 10.1 Å². The standard InChI is InChI=1S/C19H16FN5OS2/c1-10-8-12(11(2)24(10)14-6-4-13(20)5-7-14)9-15-16(21)25-18(22-17(15)26)28-19(23-25)27-3/h4-9,21H,1-3H3. The van der Waals surface area contributed by atoms with Gasteiger partial charge in [0.05, 0.1) is 5.57 Å². The van der Waals surface area contributed by atoms with E-state index in [1.807, 2.05) is 30.7 Å². The van der Waals surface area contributed by atoms with Crippen LogP contribution in [-0.2, 0) is 4.79 Å². The van der Waals surface area contributed by atoms with Crippen molar-refractivity contribution in [3.05, 3.63) is 58.7 Å². The van der Waals surface area contributed by atoms with Crippen LogP contribution in [0.25, 0.3) is 11.8 Å². The zero-order valence-electron chi connectivity index (χ0n) is 15.4. The average Bonchev–Trinajstić information content (AvgIpc) is 3.20. The number of benzene rings is 1. The SMILES string of the molecule is CSC1=NN2C(=N)C(=Cc3cc(C)n(-c4ccc(F)cc4)c3C)C(=O)N=C2S1. The number of nitrogens with one attached hydrogen (secondary N) is 1. The Morgan fingerprint density at radius 2 is 1.96 bits per heavy atom. The first-order valence-corrected chi connectivity index (χ1v) is 10.4. The zero-order valence-corrected chi connectivity index (χ0v) is 17.0. The van der Waals surface area contributed by atoms with Crippen LogP contribution >= 0.6 is 23.5 Å². The third-order valence-electron chi connectivity index (χ3n) is 4.47. The van der Waals surface area contributed by atoms with Gasteiger partial charge in [-0.05, 0) is 73.8 Å². The number of aliphatic imine (C=N–C) groups is 1. The van der Waals surface area contributed by atoms with Crippen LogP contribution in [0.2, 0.25) is 0 Å². The average molecular weight is 414 g/mol. The van der Waals surface area contributed by atoms with Crippen molar-refractivity contribution in [3.8, 4) is 5.69 Å². The minimum absolute atomic E-state index is 0.0122. The summed E-state index contributed by atoms with van der Waals surface area (Å²) in [7, 11) is 0. The number of aryl methyl sites for hydroxylation is 1. The highest BCUT2D eigenvalue weighted by atomic mass is 32.2. The van der Waals surface area contributed by atoms with Crippen LogP contribution in [0.5, 0.6) is 0 Å². The van der Waals surface area contributed by atoms with Crippen molar-refractivity contribution in [2.24, 2.45) is 10.1 Å². The zero-order chi connectivity index (χ0) is 20.0. The summed E-state index contributed by atoms with van der Waals surface area (Å²) in [5, 5.41) is 14.5. The molecule has 0 radical (unpaired) electrons. The molecule has 0 saturated heterocycles. The van der Waals surface area contributed by atoms with Gasteiger partial charge in [-0.3, -0.25) is 10.2 Å². The first-order chi connectivity index (χ1) is 13.4. The molecule has 0 unspecified atom stereocenters. The summed E-state index contributed by atoms with van der Waals surface area (Å²) in [5.74, 6) is -0.733. The number of aromatic nitrogens is 1. The summed E-state index contributed by atoms with van der Waals surface area (Å²) in [6, 6.07) is 8.17. The second-order valence-corrected chi connectivity index (χ2v) is 8.24. The summed E-state index contributed by atoms with van der Waals surface area (Å²) >= 11 is 2.73. The van der Waals surface area contributed by atoms with Crippen LogP contribution in [0.3, 0.4) is 0 Å². The van der Waals surface area contributed by atoms with Crippen molar-refractivity contribution in [1.29, 1.82) is 5.41 Å². The molecule has 1 N–H and O–H groups in total. The number of carbonyl (C=O) groups excluding carboxylic acids is 1. The van der Waals surface area contributed by atoms with Crippen LogP contribution in [0.4, 0.5) is 4.39 Å². The molecule has 0 bridgehead atoms. The summed E-state index contributed by atoms with van der Waals surface area (Å²) in [6.45, 7) is 3.86. The second kappa shape index (κ2) is 7.06. The van der Waals surface area contributed by atoms with Crippen molar-refractivity contribution in [2.75, 3.05) is 6.26 Å². The number of fused-ring (bicyclic) bond motifs is 1. The fourth-order valence-electron chi connectivity index (χ4n) is 3.13. The fraction of sp³-hybridized carbons (Fsp3) is 0.158. The van der Waals surface area contributed by atoms with E-state index >= 15 is 0 Å². The number of hydrogen-bond acceptors (Lipinski definition) is 5. The maximum atomic E-state index is 13.3. The van der Waals surface area contributed by atoms with Crippen molar-refractivity contribution in [2.45, 2.75) is 13.8 Å². The maximum Gasteiger partial charge on any atom is 0.283 e. The Morgan fingerprint density at radius 3 is 2.64 bits per heavy atom. The van der Waals surface area contributed by atoms with E-state index in [9.17, 15) is 9.18 Å². The molecule has 28 heavy (non-hydrogen) atoms. The lowest BCUT2D eigenvalue weighted by atomic mass is 10.1. The molecule has 3 heterocycles. The Hall–Kier alpha value is -2.65. The van der Waals surface area contributed by atoms with Gasteiger partial charge >= 0.3 is 0 Å². The van der Waals surface area contributed by atoms with E-state index in [1.165, 1.54) is 40.7 Å². The maximum absolute atomic E-state index is 13.3. The number of nitrogens with zero attached hydrogens (tertiary/aromatic N) is 4. The fourth-order valence-corrected chi connectivity index (χ4v) is 4.48. The normalized spacial score (nSPS) is 17.9. The van der Waals surface area contributed by atoms with Gasteiger partial charge in [-0.2, -0.15) is 10.0 Å². The van der Waals surface area contributed by atoms with Gasteiger partial charge in [0.25, 0.3) is 5.91 Å². The molecule has 4 rings (SSSR count). The Balaban J connectivity index is 1.75. The highest BCUT2D eigenvalue weighted by Crippen LogP contribution is 2.32. The predicted octanol–water partition coefficient (Wildman–Crippen LogP) is 4.17. The van der Waals surface area contributed by atoms with Crippen LogP contribution < -0.4 is 0 Å². The second-order valence-electron chi connectivity index (χ2n) is 6.23. The van der Waals surface area contributed by atoms with Gasteiger partial charge in [0.15, 0.2) is 10.2 Å². The number of thioether (sulfide) groups is 2. The molecular formula is C19H16FN5OS2. The first-order valence-electron chi connectivity index (χ1n) is 8.38. The Morgan fingerprint density at radius 1 is 1.25 bits per heavy atom. The largest absolute Gasteiger partial charge is 0.318 e. The number of amidine groups is 2. The molecule has 9 heteroatoms. The molecule has 0 saturated carbocycles. The van der Waals surface area contributed by atoms with Gasteiger partial charge in [-0.15, -0.1) is 16.9 Å². The lowest BCUT2D eigenvalue weighted by Gasteiger charge is -2.20. The van der Waals surface area contributed by atoms with E-state index < -0.39 is 5.91 Å². The van der Waals surface area contributed by atoms with Crippen LogP contribution in [0, 0.1) is 25.1 Å². The van der Waals surface area contributed by atoms with Crippen molar-refractivity contribution >= 4 is 50.9 Å². The van der Waals surface area contributed by atoms with Gasteiger partial charge in [0, 0.05) is 17.1 Å². The van der Waals surface area contributed by atoms with Crippen molar-refractivity contribution < 1.29 is 9.18 Å². The molecule has 0 atom stereocenters. The van der Waals surface area contributed by atoms with Gasteiger partial charge in [0.2, 0.25) is 5.17 Å². The topological polar surface area (TPSA) is 73.8 Å². The molecule has 1 amide bonds. The molecule has 2 aliphatic heterocycles. The number of rotatable bonds is 2. The molecule has 2 aromatic rings. The summed E-state index contributed by atoms with van der Waals surface area (Å²) in [4.78, 5) is 16.6. The highest BCUT2D eigenvalue weighted by molar-refractivity contribution is 8.45. The van der Waals surface area contributed by atoms with Crippen LogP contribution in [0.1, 0.15) is 17.0 Å². The Labute approximate surface area is 169 Å². The summed E-state index contributed by atoms with van der Waals surface area (Å²) < 4.78 is 16.0. The van der Waals surface area contributed by atoms with Crippen molar-refractivity contribution in [1.82, 2.24) is 9.58 Å². The highest BCUT2D eigenvalue weighted by Gasteiger charge is 2.35. The predicted molar refractivity (Wildman–Crippen MR) is 114 cm³/mol. The Bertz CT molecular complexity index is 1100. The van der Waals surface area contributed by atoms with E-state index in [0.29, 0.717) is 5.17 Å². The molecular weight excluding hydrogens is 397 g/mol. The molecule has 1 aromatic heterocycles. The molecule has 0 spiro atoms. The number of halogens is 1. The molecule has 2 aliphatic rings. The lowest BCUT2D eigenvalue weighted by molar-refractivity contribution is -0.114. The lowest BCUT2D eigenvalue weighted by Crippen LogP contribution is -2.35. The summed E-state index contributed by atoms with van der Waals surface area (Å²) in [6.07, 6.45) is 3.56. The van der Waals surface area contributed by atoms with E-state index in [-0.39, 0.29) is 17.2 Å². The van der Waals surface area contributed by atoms with Gasteiger partial charge in [-0.1, -0.05) is 0 Å². The monoisotopic (exact) mass is 413 g/mol. The van der Waals surface area contributed by atoms with E-state index in [1.54, 1.807) is 18.2 Å². The van der Waals surface area contributed by atoms with Crippen LogP contribution in [-0.4, -0.2) is 37.1 Å². The van der Waals surface area contributed by atoms with Gasteiger partial charge in [0.1, 0.15) is 5.82 Å². The third-order valence-corrected chi connectivity index (χ3v) is 6.35. The quantitative estimate of drug-likeness (QED) is 0.750. The smallest absolute Gasteiger partial charge is 0.283 e. The molecule has 142 valence electrons. The first kappa shape index (κ1) is 18.7. The van der Waals surface area contributed by atoms with E-state index in [4.69, 9.17) is 5.41 Å². The molecule has 0 fully saturated rings. The number of hydrazone groups is 1. The summed E-state index contributed by atoms with van der Waals surface area (Å²) in [5.41, 5.74) is 3.64. The minimum atomic E-state index is -0.451. The number of carbonyl (C=O) groups is 1. The third kappa shape index (κ3) is 3.10. The van der Waals surface area contributed by atoms with Crippen LogP contribution in [0.15, 0.2) is 46.0 Å². The van der Waals surface area contributed by atoms with E-state index in [0.717, 1.165) is 27.0 Å². The minimum Gasteiger partial charge on any atom is -0.318 e. The molecule has 6 nitrogen and oxygen atoms in total. The molecule has 0 aliphatic carbocycles. The van der Waals surface area contributed by atoms with Gasteiger partial charge in [-0.25, -0.2) is 4.39 Å².